The summed E-state index contributed by atoms with van der Waals surface area (Å²) in [5.74, 6) is 0.0257. The molecule has 4 heteroatoms. The fourth-order valence-electron chi connectivity index (χ4n) is 0.947. The number of nitrogens with one attached hydrogen (secondary N) is 1. The van der Waals surface area contributed by atoms with E-state index in [2.05, 4.69) is 5.32 Å². The summed E-state index contributed by atoms with van der Waals surface area (Å²) in [5.41, 5.74) is 0. The van der Waals surface area contributed by atoms with Crippen LogP contribution in [0.5, 0.6) is 0 Å². The third kappa shape index (κ3) is 4.85. The van der Waals surface area contributed by atoms with Crippen molar-refractivity contribution in [3.8, 4) is 0 Å². The van der Waals surface area contributed by atoms with Crippen molar-refractivity contribution >= 4 is 5.91 Å². The second-order valence-corrected chi connectivity index (χ2v) is 3.17. The summed E-state index contributed by atoms with van der Waals surface area (Å²) in [5, 5.41) is 11.5. The molecule has 78 valence electrons. The summed E-state index contributed by atoms with van der Waals surface area (Å²) < 4.78 is 0. The predicted octanol–water partition coefficient (Wildman–Crippen LogP) is -0.175. The van der Waals surface area contributed by atoms with Crippen molar-refractivity contribution in [2.45, 2.75) is 26.3 Å². The van der Waals surface area contributed by atoms with Crippen molar-refractivity contribution in [3.05, 3.63) is 0 Å². The highest BCUT2D eigenvalue weighted by molar-refractivity contribution is 5.81. The minimum Gasteiger partial charge on any atom is -0.395 e. The van der Waals surface area contributed by atoms with Gasteiger partial charge in [-0.05, 0) is 20.4 Å². The monoisotopic (exact) mass is 188 g/mol. The molecule has 0 spiro atoms. The van der Waals surface area contributed by atoms with Crippen molar-refractivity contribution in [2.75, 3.05) is 26.7 Å². The summed E-state index contributed by atoms with van der Waals surface area (Å²) in [6.07, 6.45) is 0.947. The molecule has 1 amide bonds. The van der Waals surface area contributed by atoms with E-state index in [4.69, 9.17) is 5.11 Å². The number of carbonyl (C=O) groups excluding carboxylic acids is 1. The number of amides is 1. The van der Waals surface area contributed by atoms with E-state index in [1.54, 1.807) is 0 Å². The fourth-order valence-corrected chi connectivity index (χ4v) is 0.947. The molecule has 13 heavy (non-hydrogen) atoms. The Morgan fingerprint density at radius 2 is 2.23 bits per heavy atom. The highest BCUT2D eigenvalue weighted by Crippen LogP contribution is 1.94. The van der Waals surface area contributed by atoms with Crippen LogP contribution in [0.25, 0.3) is 0 Å². The molecule has 0 aliphatic heterocycles. The lowest BCUT2D eigenvalue weighted by Gasteiger charge is -2.22. The average Bonchev–Trinajstić information content (AvgIpc) is 2.13. The Balaban J connectivity index is 3.79. The summed E-state index contributed by atoms with van der Waals surface area (Å²) in [7, 11) is 1.83. The van der Waals surface area contributed by atoms with Gasteiger partial charge < -0.3 is 10.4 Å². The molecule has 0 saturated heterocycles. The van der Waals surface area contributed by atoms with E-state index in [1.807, 2.05) is 25.8 Å². The van der Waals surface area contributed by atoms with E-state index in [0.29, 0.717) is 6.54 Å². The van der Waals surface area contributed by atoms with Gasteiger partial charge in [0.25, 0.3) is 0 Å². The number of nitrogens with zero attached hydrogens (tertiary/aromatic N) is 1. The maximum absolute atomic E-state index is 11.4. The van der Waals surface area contributed by atoms with Gasteiger partial charge in [-0.25, -0.2) is 0 Å². The summed E-state index contributed by atoms with van der Waals surface area (Å²) in [6, 6.07) is -0.168. The SMILES string of the molecule is CCCNC(=O)C(C)N(C)CCO. The first-order valence-electron chi connectivity index (χ1n) is 4.72. The highest BCUT2D eigenvalue weighted by Gasteiger charge is 2.16. The van der Waals surface area contributed by atoms with Crippen molar-refractivity contribution in [3.63, 3.8) is 0 Å². The van der Waals surface area contributed by atoms with Crippen LogP contribution in [0.3, 0.4) is 0 Å². The zero-order valence-electron chi connectivity index (χ0n) is 8.71. The summed E-state index contributed by atoms with van der Waals surface area (Å²) in [4.78, 5) is 13.2. The number of carbonyl (C=O) groups is 1. The molecule has 0 fully saturated rings. The minimum absolute atomic E-state index is 0.0257. The molecule has 2 N–H and O–H groups in total. The number of aliphatic hydroxyl groups excluding tert-OH is 1. The number of likely N-dealkylation sites (N-methyl/N-ethyl adjacent to an activating group) is 1. The first-order valence-corrected chi connectivity index (χ1v) is 4.72. The number of rotatable bonds is 6. The minimum atomic E-state index is -0.168. The second kappa shape index (κ2) is 6.86. The molecule has 1 unspecified atom stereocenters. The molecule has 0 heterocycles. The van der Waals surface area contributed by atoms with Crippen LogP contribution in [0.15, 0.2) is 0 Å². The summed E-state index contributed by atoms with van der Waals surface area (Å²) in [6.45, 7) is 5.18. The van der Waals surface area contributed by atoms with Crippen LogP contribution < -0.4 is 5.32 Å². The molecule has 0 radical (unpaired) electrons. The quantitative estimate of drug-likeness (QED) is 0.608. The van der Waals surface area contributed by atoms with Gasteiger partial charge in [-0.2, -0.15) is 0 Å². The standard InChI is InChI=1S/C9H20N2O2/c1-4-5-10-9(13)8(2)11(3)6-7-12/h8,12H,4-7H2,1-3H3,(H,10,13). The van der Waals surface area contributed by atoms with E-state index in [0.717, 1.165) is 13.0 Å². The van der Waals surface area contributed by atoms with Gasteiger partial charge in [-0.15, -0.1) is 0 Å². The number of aliphatic hydroxyl groups is 1. The van der Waals surface area contributed by atoms with E-state index in [-0.39, 0.29) is 18.6 Å². The number of hydrogen-bond acceptors (Lipinski definition) is 3. The van der Waals surface area contributed by atoms with Crippen LogP contribution in [-0.2, 0) is 4.79 Å². The van der Waals surface area contributed by atoms with Gasteiger partial charge >= 0.3 is 0 Å². The zero-order valence-corrected chi connectivity index (χ0v) is 8.71. The predicted molar refractivity (Wildman–Crippen MR) is 52.5 cm³/mol. The lowest BCUT2D eigenvalue weighted by atomic mass is 10.2. The third-order valence-electron chi connectivity index (χ3n) is 2.04. The Hall–Kier alpha value is -0.610. The molecule has 1 atom stereocenters. The highest BCUT2D eigenvalue weighted by atomic mass is 16.3. The van der Waals surface area contributed by atoms with Crippen LogP contribution in [0.1, 0.15) is 20.3 Å². The molecule has 0 aromatic heterocycles. The Labute approximate surface area is 79.9 Å². The molecule has 4 nitrogen and oxygen atoms in total. The molecule has 0 aromatic carbocycles. The van der Waals surface area contributed by atoms with E-state index in [1.165, 1.54) is 0 Å². The van der Waals surface area contributed by atoms with E-state index < -0.39 is 0 Å². The molecule has 0 aliphatic carbocycles. The normalized spacial score (nSPS) is 13.0. The fraction of sp³-hybridized carbons (Fsp3) is 0.889. The Kier molecular flexibility index (Phi) is 6.54. The Bertz CT molecular complexity index is 151. The first kappa shape index (κ1) is 12.4. The van der Waals surface area contributed by atoms with Crippen molar-refractivity contribution in [2.24, 2.45) is 0 Å². The van der Waals surface area contributed by atoms with Crippen molar-refractivity contribution < 1.29 is 9.90 Å². The van der Waals surface area contributed by atoms with Gasteiger partial charge in [0.15, 0.2) is 0 Å². The van der Waals surface area contributed by atoms with Gasteiger partial charge in [0, 0.05) is 13.1 Å². The van der Waals surface area contributed by atoms with Crippen LogP contribution >= 0.6 is 0 Å². The molecule has 0 rings (SSSR count). The van der Waals surface area contributed by atoms with E-state index >= 15 is 0 Å². The van der Waals surface area contributed by atoms with Gasteiger partial charge in [0.2, 0.25) is 5.91 Å². The van der Waals surface area contributed by atoms with Crippen LogP contribution in [0, 0.1) is 0 Å². The van der Waals surface area contributed by atoms with Gasteiger partial charge in [0.05, 0.1) is 12.6 Å². The van der Waals surface area contributed by atoms with Crippen LogP contribution in [0.2, 0.25) is 0 Å². The molecular formula is C9H20N2O2. The topological polar surface area (TPSA) is 52.6 Å². The lowest BCUT2D eigenvalue weighted by molar-refractivity contribution is -0.125. The van der Waals surface area contributed by atoms with Gasteiger partial charge in [0.1, 0.15) is 0 Å². The van der Waals surface area contributed by atoms with E-state index in [9.17, 15) is 4.79 Å². The Morgan fingerprint density at radius 1 is 1.62 bits per heavy atom. The second-order valence-electron chi connectivity index (χ2n) is 3.17. The smallest absolute Gasteiger partial charge is 0.237 e. The van der Waals surface area contributed by atoms with Crippen LogP contribution in [-0.4, -0.2) is 48.7 Å². The molecular weight excluding hydrogens is 168 g/mol. The lowest BCUT2D eigenvalue weighted by Crippen LogP contribution is -2.44. The molecule has 0 aliphatic rings. The zero-order chi connectivity index (χ0) is 10.3. The third-order valence-corrected chi connectivity index (χ3v) is 2.04. The van der Waals surface area contributed by atoms with Gasteiger partial charge in [-0.1, -0.05) is 6.92 Å². The average molecular weight is 188 g/mol. The Morgan fingerprint density at radius 3 is 2.69 bits per heavy atom. The maximum atomic E-state index is 11.4. The molecule has 0 bridgehead atoms. The maximum Gasteiger partial charge on any atom is 0.237 e. The van der Waals surface area contributed by atoms with Crippen LogP contribution in [0.4, 0.5) is 0 Å². The molecule has 0 aromatic rings. The van der Waals surface area contributed by atoms with Crippen molar-refractivity contribution in [1.82, 2.24) is 10.2 Å². The van der Waals surface area contributed by atoms with Gasteiger partial charge in [-0.3, -0.25) is 9.69 Å². The molecule has 0 saturated carbocycles. The summed E-state index contributed by atoms with van der Waals surface area (Å²) >= 11 is 0. The largest absolute Gasteiger partial charge is 0.395 e. The number of hydrogen-bond donors (Lipinski definition) is 2. The van der Waals surface area contributed by atoms with Crippen molar-refractivity contribution in [1.29, 1.82) is 0 Å². The first-order chi connectivity index (χ1) is 6.13.